The fourth-order valence-electron chi connectivity index (χ4n) is 2.66. The Hall–Kier alpha value is -1.93. The summed E-state index contributed by atoms with van der Waals surface area (Å²) in [6, 6.07) is 7.24. The van der Waals surface area contributed by atoms with Gasteiger partial charge >= 0.3 is 12.1 Å². The van der Waals surface area contributed by atoms with E-state index >= 15 is 0 Å². The molecule has 0 spiro atoms. The number of carbonyl (C=O) groups excluding carboxylic acids is 1. The Bertz CT molecular complexity index is 595. The Kier molecular flexibility index (Phi) is 13.0. The maximum absolute atomic E-state index is 11.9. The molecule has 1 unspecified atom stereocenters. The van der Waals surface area contributed by atoms with Gasteiger partial charge in [0.15, 0.2) is 6.10 Å². The van der Waals surface area contributed by atoms with Gasteiger partial charge in [-0.25, -0.2) is 9.59 Å². The highest BCUT2D eigenvalue weighted by molar-refractivity contribution is 7.99. The molecule has 0 aliphatic heterocycles. The van der Waals surface area contributed by atoms with E-state index in [9.17, 15) is 9.59 Å². The SMILES string of the molecule is CCCSCCCN(CCOc1ccc(CC(OCC)C(=O)O)cc1)C(=O)OC. The predicted octanol–water partition coefficient (Wildman–Crippen LogP) is 3.70. The molecule has 1 aromatic carbocycles. The molecular formula is C21H33NO6S. The fourth-order valence-corrected chi connectivity index (χ4v) is 3.48. The van der Waals surface area contributed by atoms with Gasteiger partial charge in [0, 0.05) is 19.6 Å². The van der Waals surface area contributed by atoms with Crippen molar-refractivity contribution in [2.24, 2.45) is 0 Å². The van der Waals surface area contributed by atoms with Crippen molar-refractivity contribution in [1.29, 1.82) is 0 Å². The summed E-state index contributed by atoms with van der Waals surface area (Å²) >= 11 is 1.89. The van der Waals surface area contributed by atoms with Crippen LogP contribution in [0, 0.1) is 0 Å². The van der Waals surface area contributed by atoms with Crippen LogP contribution >= 0.6 is 11.8 Å². The van der Waals surface area contributed by atoms with Crippen LogP contribution in [0.15, 0.2) is 24.3 Å². The normalized spacial score (nSPS) is 11.7. The summed E-state index contributed by atoms with van der Waals surface area (Å²) in [5.74, 6) is 1.85. The molecule has 1 atom stereocenters. The molecule has 0 saturated heterocycles. The Morgan fingerprint density at radius 1 is 1.14 bits per heavy atom. The number of carbonyl (C=O) groups is 2. The highest BCUT2D eigenvalue weighted by Gasteiger charge is 2.18. The minimum atomic E-state index is -0.969. The number of ether oxygens (including phenoxy) is 3. The first-order valence-corrected chi connectivity index (χ1v) is 11.1. The van der Waals surface area contributed by atoms with Crippen LogP contribution in [0.25, 0.3) is 0 Å². The van der Waals surface area contributed by atoms with Gasteiger partial charge < -0.3 is 24.2 Å². The summed E-state index contributed by atoms with van der Waals surface area (Å²) in [7, 11) is 1.38. The summed E-state index contributed by atoms with van der Waals surface area (Å²) in [5.41, 5.74) is 0.860. The largest absolute Gasteiger partial charge is 0.492 e. The van der Waals surface area contributed by atoms with Crippen molar-refractivity contribution in [2.45, 2.75) is 39.2 Å². The Labute approximate surface area is 177 Å². The smallest absolute Gasteiger partial charge is 0.409 e. The highest BCUT2D eigenvalue weighted by Crippen LogP contribution is 2.15. The second-order valence-electron chi connectivity index (χ2n) is 6.40. The topological polar surface area (TPSA) is 85.3 Å². The van der Waals surface area contributed by atoms with E-state index in [4.69, 9.17) is 19.3 Å². The van der Waals surface area contributed by atoms with Crippen LogP contribution < -0.4 is 4.74 Å². The Morgan fingerprint density at radius 2 is 1.86 bits per heavy atom. The molecule has 0 fully saturated rings. The lowest BCUT2D eigenvalue weighted by atomic mass is 10.1. The summed E-state index contributed by atoms with van der Waals surface area (Å²) in [6.07, 6.45) is 1.17. The zero-order valence-corrected chi connectivity index (χ0v) is 18.4. The minimum Gasteiger partial charge on any atom is -0.492 e. The molecule has 0 aliphatic carbocycles. The maximum Gasteiger partial charge on any atom is 0.409 e. The Morgan fingerprint density at radius 3 is 2.45 bits per heavy atom. The van der Waals surface area contributed by atoms with Gasteiger partial charge in [0.25, 0.3) is 0 Å². The number of hydrogen-bond acceptors (Lipinski definition) is 6. The second kappa shape index (κ2) is 15.0. The van der Waals surface area contributed by atoms with Crippen LogP contribution in [-0.2, 0) is 20.7 Å². The third-order valence-corrected chi connectivity index (χ3v) is 5.39. The van der Waals surface area contributed by atoms with Gasteiger partial charge in [0.2, 0.25) is 0 Å². The van der Waals surface area contributed by atoms with Crippen molar-refractivity contribution in [1.82, 2.24) is 4.90 Å². The molecule has 7 nitrogen and oxygen atoms in total. The van der Waals surface area contributed by atoms with Gasteiger partial charge in [-0.15, -0.1) is 0 Å². The maximum atomic E-state index is 11.9. The van der Waals surface area contributed by atoms with Crippen molar-refractivity contribution in [3.05, 3.63) is 29.8 Å². The van der Waals surface area contributed by atoms with E-state index < -0.39 is 12.1 Å². The average molecular weight is 428 g/mol. The zero-order chi connectivity index (χ0) is 21.5. The predicted molar refractivity (Wildman–Crippen MR) is 115 cm³/mol. The molecule has 29 heavy (non-hydrogen) atoms. The molecule has 0 bridgehead atoms. The van der Waals surface area contributed by atoms with E-state index in [1.165, 1.54) is 7.11 Å². The summed E-state index contributed by atoms with van der Waals surface area (Å²) < 4.78 is 15.8. The van der Waals surface area contributed by atoms with Gasteiger partial charge in [-0.05, 0) is 49.0 Å². The summed E-state index contributed by atoms with van der Waals surface area (Å²) in [4.78, 5) is 24.7. The summed E-state index contributed by atoms with van der Waals surface area (Å²) in [5, 5.41) is 9.16. The van der Waals surface area contributed by atoms with Crippen molar-refractivity contribution >= 4 is 23.8 Å². The second-order valence-corrected chi connectivity index (χ2v) is 7.63. The number of nitrogens with zero attached hydrogens (tertiary/aromatic N) is 1. The zero-order valence-electron chi connectivity index (χ0n) is 17.6. The van der Waals surface area contributed by atoms with Crippen LogP contribution in [0.3, 0.4) is 0 Å². The Balaban J connectivity index is 2.45. The molecule has 1 rings (SSSR count). The fraction of sp³-hybridized carbons (Fsp3) is 0.619. The van der Waals surface area contributed by atoms with Crippen LogP contribution in [0.1, 0.15) is 32.3 Å². The van der Waals surface area contributed by atoms with E-state index in [1.807, 2.05) is 23.9 Å². The lowest BCUT2D eigenvalue weighted by Crippen LogP contribution is -2.35. The van der Waals surface area contributed by atoms with Crippen molar-refractivity contribution in [3.8, 4) is 5.75 Å². The first kappa shape index (κ1) is 25.1. The number of amides is 1. The molecule has 0 saturated carbocycles. The van der Waals surface area contributed by atoms with Crippen molar-refractivity contribution in [2.75, 3.05) is 44.9 Å². The van der Waals surface area contributed by atoms with Gasteiger partial charge in [-0.1, -0.05) is 19.1 Å². The van der Waals surface area contributed by atoms with Gasteiger partial charge in [-0.3, -0.25) is 0 Å². The first-order valence-electron chi connectivity index (χ1n) is 9.98. The van der Waals surface area contributed by atoms with E-state index in [1.54, 1.807) is 24.0 Å². The minimum absolute atomic E-state index is 0.301. The molecule has 8 heteroatoms. The van der Waals surface area contributed by atoms with Gasteiger partial charge in [-0.2, -0.15) is 11.8 Å². The molecule has 1 N–H and O–H groups in total. The molecule has 0 aliphatic rings. The molecule has 0 heterocycles. The van der Waals surface area contributed by atoms with E-state index in [0.717, 1.165) is 29.9 Å². The molecule has 1 amide bonds. The number of rotatable bonds is 15. The number of carboxylic acid groups (broad SMARTS) is 1. The van der Waals surface area contributed by atoms with E-state index in [-0.39, 0.29) is 6.09 Å². The molecule has 0 radical (unpaired) electrons. The molecule has 1 aromatic rings. The van der Waals surface area contributed by atoms with Gasteiger partial charge in [0.05, 0.1) is 13.7 Å². The number of carboxylic acids is 1. The lowest BCUT2D eigenvalue weighted by Gasteiger charge is -2.21. The lowest BCUT2D eigenvalue weighted by molar-refractivity contribution is -0.149. The number of benzene rings is 1. The highest BCUT2D eigenvalue weighted by atomic mass is 32.2. The quantitative estimate of drug-likeness (QED) is 0.427. The van der Waals surface area contributed by atoms with Crippen molar-refractivity contribution in [3.63, 3.8) is 0 Å². The van der Waals surface area contributed by atoms with Crippen LogP contribution in [0.5, 0.6) is 5.75 Å². The number of aliphatic carboxylic acids is 1. The molecule has 164 valence electrons. The van der Waals surface area contributed by atoms with Crippen LogP contribution in [-0.4, -0.2) is 73.1 Å². The van der Waals surface area contributed by atoms with Crippen LogP contribution in [0.2, 0.25) is 0 Å². The first-order chi connectivity index (χ1) is 14.0. The standard InChI is InChI=1S/C21H33NO6S/c1-4-14-29-15-6-11-22(21(25)26-3)12-13-28-18-9-7-17(8-10-18)16-19(20(23)24)27-5-2/h7-10,19H,4-6,11-16H2,1-3H3,(H,23,24). The molecule has 0 aromatic heterocycles. The third-order valence-electron chi connectivity index (χ3n) is 4.12. The summed E-state index contributed by atoms with van der Waals surface area (Å²) in [6.45, 7) is 5.72. The van der Waals surface area contributed by atoms with Crippen LogP contribution in [0.4, 0.5) is 4.79 Å². The van der Waals surface area contributed by atoms with E-state index in [0.29, 0.717) is 38.5 Å². The number of hydrogen-bond donors (Lipinski definition) is 1. The van der Waals surface area contributed by atoms with E-state index in [2.05, 4.69) is 6.92 Å². The van der Waals surface area contributed by atoms with Gasteiger partial charge in [0.1, 0.15) is 12.4 Å². The molecular weight excluding hydrogens is 394 g/mol. The monoisotopic (exact) mass is 427 g/mol. The third kappa shape index (κ3) is 10.4. The number of methoxy groups -OCH3 is 1. The number of thioether (sulfide) groups is 1. The average Bonchev–Trinajstić information content (AvgIpc) is 2.72. The van der Waals surface area contributed by atoms with Crippen molar-refractivity contribution < 1.29 is 28.9 Å².